The monoisotopic (exact) mass is 444 g/mol. The van der Waals surface area contributed by atoms with Gasteiger partial charge in [-0.05, 0) is 42.8 Å². The van der Waals surface area contributed by atoms with Crippen molar-refractivity contribution in [2.24, 2.45) is 0 Å². The number of anilines is 1. The lowest BCUT2D eigenvalue weighted by molar-refractivity contribution is -0.119. The Morgan fingerprint density at radius 3 is 2.43 bits per heavy atom. The average molecular weight is 445 g/mol. The van der Waals surface area contributed by atoms with Crippen LogP contribution in [0.2, 0.25) is 10.0 Å². The van der Waals surface area contributed by atoms with Crippen LogP contribution >= 0.6 is 23.2 Å². The third-order valence-electron chi connectivity index (χ3n) is 3.74. The number of esters is 1. The van der Waals surface area contributed by atoms with E-state index < -0.39 is 28.5 Å². The summed E-state index contributed by atoms with van der Waals surface area (Å²) in [5, 5.41) is 3.04. The zero-order valence-electron chi connectivity index (χ0n) is 15.3. The first-order chi connectivity index (χ1) is 13.0. The van der Waals surface area contributed by atoms with Gasteiger partial charge < -0.3 is 10.1 Å². The van der Waals surface area contributed by atoms with Gasteiger partial charge in [-0.2, -0.15) is 0 Å². The van der Waals surface area contributed by atoms with Crippen molar-refractivity contribution in [3.63, 3.8) is 0 Å². The number of benzene rings is 2. The van der Waals surface area contributed by atoms with Crippen molar-refractivity contribution in [3.8, 4) is 0 Å². The number of ether oxygens (including phenoxy) is 1. The second kappa shape index (κ2) is 8.91. The van der Waals surface area contributed by atoms with E-state index in [1.54, 1.807) is 25.1 Å². The molecule has 10 heteroatoms. The largest absolute Gasteiger partial charge is 0.452 e. The van der Waals surface area contributed by atoms with Crippen molar-refractivity contribution in [2.75, 3.05) is 26.0 Å². The summed E-state index contributed by atoms with van der Waals surface area (Å²) in [4.78, 5) is 24.2. The molecule has 0 atom stereocenters. The molecule has 0 unspecified atom stereocenters. The Morgan fingerprint density at radius 2 is 1.79 bits per heavy atom. The molecule has 2 aromatic rings. The number of halogens is 2. The third kappa shape index (κ3) is 5.23. The van der Waals surface area contributed by atoms with Gasteiger partial charge in [-0.25, -0.2) is 17.5 Å². The summed E-state index contributed by atoms with van der Waals surface area (Å²) >= 11 is 11.9. The van der Waals surface area contributed by atoms with Crippen LogP contribution in [0.1, 0.15) is 15.9 Å². The highest BCUT2D eigenvalue weighted by Crippen LogP contribution is 2.23. The number of carbonyl (C=O) groups excluding carboxylic acids is 2. The summed E-state index contributed by atoms with van der Waals surface area (Å²) in [5.41, 5.74) is 1.12. The standard InChI is InChI=1S/C18H18Cl2N2O5S/c1-11-4-5-12(19)8-16(11)21-17(23)10-27-18(24)14-9-13(6-7-15(14)20)28(25,26)22(2)3/h4-9H,10H2,1-3H3,(H,21,23). The quantitative estimate of drug-likeness (QED) is 0.689. The van der Waals surface area contributed by atoms with Gasteiger partial charge in [0, 0.05) is 24.8 Å². The highest BCUT2D eigenvalue weighted by atomic mass is 35.5. The smallest absolute Gasteiger partial charge is 0.340 e. The fourth-order valence-corrected chi connectivity index (χ4v) is 3.45. The molecule has 2 aromatic carbocycles. The fourth-order valence-electron chi connectivity index (χ4n) is 2.16. The summed E-state index contributed by atoms with van der Waals surface area (Å²) in [6.45, 7) is 1.21. The summed E-state index contributed by atoms with van der Waals surface area (Å²) in [5.74, 6) is -1.49. The summed E-state index contributed by atoms with van der Waals surface area (Å²) in [7, 11) is -1.03. The Bertz CT molecular complexity index is 1020. The predicted octanol–water partition coefficient (Wildman–Crippen LogP) is 3.35. The van der Waals surface area contributed by atoms with Gasteiger partial charge in [0.15, 0.2) is 6.61 Å². The topological polar surface area (TPSA) is 92.8 Å². The normalized spacial score (nSPS) is 11.4. The van der Waals surface area contributed by atoms with Gasteiger partial charge in [-0.3, -0.25) is 4.79 Å². The van der Waals surface area contributed by atoms with Crippen molar-refractivity contribution in [3.05, 3.63) is 57.6 Å². The van der Waals surface area contributed by atoms with E-state index in [1.807, 2.05) is 0 Å². The zero-order chi connectivity index (χ0) is 21.1. The second-order valence-electron chi connectivity index (χ2n) is 6.01. The van der Waals surface area contributed by atoms with E-state index >= 15 is 0 Å². The first-order valence-electron chi connectivity index (χ1n) is 7.97. The van der Waals surface area contributed by atoms with Gasteiger partial charge in [0.25, 0.3) is 5.91 Å². The number of sulfonamides is 1. The van der Waals surface area contributed by atoms with E-state index in [0.717, 1.165) is 15.9 Å². The zero-order valence-corrected chi connectivity index (χ0v) is 17.7. The lowest BCUT2D eigenvalue weighted by Crippen LogP contribution is -2.23. The summed E-state index contributed by atoms with van der Waals surface area (Å²) in [6, 6.07) is 8.67. The molecule has 0 saturated carbocycles. The Labute approximate surface area is 173 Å². The number of amides is 1. The maximum Gasteiger partial charge on any atom is 0.340 e. The molecule has 7 nitrogen and oxygen atoms in total. The highest BCUT2D eigenvalue weighted by Gasteiger charge is 2.22. The van der Waals surface area contributed by atoms with E-state index in [2.05, 4.69) is 5.32 Å². The summed E-state index contributed by atoms with van der Waals surface area (Å²) < 4.78 is 30.4. The minimum Gasteiger partial charge on any atom is -0.452 e. The molecule has 2 rings (SSSR count). The average Bonchev–Trinajstić information content (AvgIpc) is 2.62. The second-order valence-corrected chi connectivity index (χ2v) is 9.01. The molecule has 150 valence electrons. The van der Waals surface area contributed by atoms with Crippen LogP contribution < -0.4 is 5.32 Å². The van der Waals surface area contributed by atoms with E-state index in [1.165, 1.54) is 26.2 Å². The number of nitrogens with zero attached hydrogens (tertiary/aromatic N) is 1. The van der Waals surface area contributed by atoms with Crippen LogP contribution in [-0.2, 0) is 19.6 Å². The van der Waals surface area contributed by atoms with E-state index in [0.29, 0.717) is 10.7 Å². The van der Waals surface area contributed by atoms with Gasteiger partial charge in [0.05, 0.1) is 15.5 Å². The molecule has 0 aliphatic rings. The van der Waals surface area contributed by atoms with Crippen molar-refractivity contribution in [1.29, 1.82) is 0 Å². The predicted molar refractivity (Wildman–Crippen MR) is 107 cm³/mol. The SMILES string of the molecule is Cc1ccc(Cl)cc1NC(=O)COC(=O)c1cc(S(=O)(=O)N(C)C)ccc1Cl. The van der Waals surface area contributed by atoms with Crippen LogP contribution in [0.5, 0.6) is 0 Å². The molecule has 0 saturated heterocycles. The summed E-state index contributed by atoms with van der Waals surface area (Å²) in [6.07, 6.45) is 0. The van der Waals surface area contributed by atoms with Crippen LogP contribution in [0, 0.1) is 6.92 Å². The number of rotatable bonds is 6. The van der Waals surface area contributed by atoms with E-state index in [-0.39, 0.29) is 15.5 Å². The van der Waals surface area contributed by atoms with Crippen molar-refractivity contribution in [2.45, 2.75) is 11.8 Å². The molecule has 0 aliphatic heterocycles. The maximum atomic E-state index is 12.3. The van der Waals surface area contributed by atoms with E-state index in [4.69, 9.17) is 27.9 Å². The Hall–Kier alpha value is -2.13. The van der Waals surface area contributed by atoms with Crippen LogP contribution in [0.3, 0.4) is 0 Å². The van der Waals surface area contributed by atoms with Gasteiger partial charge in [-0.1, -0.05) is 29.3 Å². The highest BCUT2D eigenvalue weighted by molar-refractivity contribution is 7.89. The van der Waals surface area contributed by atoms with Crippen LogP contribution in [-0.4, -0.2) is 45.3 Å². The molecular formula is C18H18Cl2N2O5S. The molecule has 1 amide bonds. The minimum absolute atomic E-state index is 0.00815. The van der Waals surface area contributed by atoms with Crippen molar-refractivity contribution in [1.82, 2.24) is 4.31 Å². The molecule has 0 aromatic heterocycles. The first-order valence-corrected chi connectivity index (χ1v) is 10.2. The Morgan fingerprint density at radius 1 is 1.11 bits per heavy atom. The van der Waals surface area contributed by atoms with Crippen LogP contribution in [0.15, 0.2) is 41.3 Å². The van der Waals surface area contributed by atoms with Gasteiger partial charge in [0.1, 0.15) is 0 Å². The number of nitrogens with one attached hydrogen (secondary N) is 1. The Kier molecular flexibility index (Phi) is 7.06. The molecule has 0 heterocycles. The van der Waals surface area contributed by atoms with E-state index in [9.17, 15) is 18.0 Å². The molecule has 0 fully saturated rings. The Balaban J connectivity index is 2.11. The molecule has 0 spiro atoms. The third-order valence-corrected chi connectivity index (χ3v) is 6.12. The molecule has 28 heavy (non-hydrogen) atoms. The van der Waals surface area contributed by atoms with Crippen molar-refractivity contribution >= 4 is 50.8 Å². The number of hydrogen-bond donors (Lipinski definition) is 1. The first kappa shape index (κ1) is 22.2. The lowest BCUT2D eigenvalue weighted by Gasteiger charge is -2.13. The van der Waals surface area contributed by atoms with Crippen LogP contribution in [0.4, 0.5) is 5.69 Å². The van der Waals surface area contributed by atoms with Crippen molar-refractivity contribution < 1.29 is 22.7 Å². The molecule has 0 aliphatic carbocycles. The number of carbonyl (C=O) groups is 2. The van der Waals surface area contributed by atoms with Gasteiger partial charge >= 0.3 is 5.97 Å². The van der Waals surface area contributed by atoms with Gasteiger partial charge in [-0.15, -0.1) is 0 Å². The lowest BCUT2D eigenvalue weighted by atomic mass is 10.2. The van der Waals surface area contributed by atoms with Crippen LogP contribution in [0.25, 0.3) is 0 Å². The number of aryl methyl sites for hydroxylation is 1. The molecule has 1 N–H and O–H groups in total. The molecular weight excluding hydrogens is 427 g/mol. The fraction of sp³-hybridized carbons (Fsp3) is 0.222. The van der Waals surface area contributed by atoms with Gasteiger partial charge in [0.2, 0.25) is 10.0 Å². The minimum atomic E-state index is -3.76. The number of hydrogen-bond acceptors (Lipinski definition) is 5. The molecule has 0 radical (unpaired) electrons. The maximum absolute atomic E-state index is 12.3. The molecule has 0 bridgehead atoms.